The molecule has 1 atom stereocenters. The van der Waals surface area contributed by atoms with Crippen molar-refractivity contribution in [1.29, 1.82) is 0 Å². The van der Waals surface area contributed by atoms with E-state index in [1.54, 1.807) is 7.05 Å². The third-order valence-corrected chi connectivity index (χ3v) is 5.78. The largest absolute Gasteiger partial charge is 0.489 e. The number of nitrogens with zero attached hydrogens (tertiary/aromatic N) is 1. The normalized spacial score (nSPS) is 12.6. The molecule has 0 bridgehead atoms. The number of hydrogen-bond donors (Lipinski definition) is 2. The Balaban J connectivity index is 0.00000420. The molecule has 0 aliphatic heterocycles. The van der Waals surface area contributed by atoms with E-state index in [1.807, 2.05) is 38.1 Å². The van der Waals surface area contributed by atoms with E-state index in [-0.39, 0.29) is 47.3 Å². The predicted molar refractivity (Wildman–Crippen MR) is 125 cm³/mol. The molecule has 0 spiro atoms. The maximum Gasteiger partial charge on any atom is 0.191 e. The summed E-state index contributed by atoms with van der Waals surface area (Å²) in [5.41, 5.74) is 1.05. The zero-order valence-electron chi connectivity index (χ0n) is 16.7. The fraction of sp³-hybridized carbons (Fsp3) is 0.350. The zero-order chi connectivity index (χ0) is 20.6. The molecule has 0 aliphatic carbocycles. The molecule has 29 heavy (non-hydrogen) atoms. The van der Waals surface area contributed by atoms with Crippen LogP contribution in [0.1, 0.15) is 12.5 Å². The van der Waals surface area contributed by atoms with Gasteiger partial charge in [-0.15, -0.1) is 24.0 Å². The highest BCUT2D eigenvalue weighted by Crippen LogP contribution is 2.17. The van der Waals surface area contributed by atoms with Crippen molar-refractivity contribution in [2.75, 3.05) is 25.9 Å². The Kier molecular flexibility index (Phi) is 10.4. The molecule has 0 fully saturated rings. The fourth-order valence-corrected chi connectivity index (χ4v) is 3.76. The van der Waals surface area contributed by atoms with Crippen LogP contribution in [-0.4, -0.2) is 46.4 Å². The van der Waals surface area contributed by atoms with E-state index >= 15 is 0 Å². The molecule has 0 amide bonds. The molecular weight excluding hydrogens is 508 g/mol. The summed E-state index contributed by atoms with van der Waals surface area (Å²) in [5.74, 6) is 0.274. The Bertz CT molecular complexity index is 923. The van der Waals surface area contributed by atoms with Gasteiger partial charge in [0.25, 0.3) is 0 Å². The Morgan fingerprint density at radius 3 is 2.45 bits per heavy atom. The van der Waals surface area contributed by atoms with Crippen molar-refractivity contribution >= 4 is 39.8 Å². The van der Waals surface area contributed by atoms with Gasteiger partial charge in [0.15, 0.2) is 15.8 Å². The minimum Gasteiger partial charge on any atom is -0.489 e. The van der Waals surface area contributed by atoms with Gasteiger partial charge in [-0.2, -0.15) is 0 Å². The van der Waals surface area contributed by atoms with E-state index in [9.17, 15) is 12.8 Å². The number of para-hydroxylation sites is 1. The highest BCUT2D eigenvalue weighted by Gasteiger charge is 2.18. The van der Waals surface area contributed by atoms with E-state index in [1.165, 1.54) is 18.2 Å². The van der Waals surface area contributed by atoms with Crippen LogP contribution in [0.3, 0.4) is 0 Å². The Hall–Kier alpha value is -1.88. The smallest absolute Gasteiger partial charge is 0.191 e. The second kappa shape index (κ2) is 12.0. The van der Waals surface area contributed by atoms with Gasteiger partial charge in [-0.1, -0.05) is 30.3 Å². The molecule has 0 radical (unpaired) electrons. The summed E-state index contributed by atoms with van der Waals surface area (Å²) in [6.07, 6.45) is -0.123. The number of aliphatic imine (C=N–C) groups is 1. The molecule has 0 aliphatic rings. The molecular formula is C20H27FIN3O3S. The molecule has 2 N–H and O–H groups in total. The third kappa shape index (κ3) is 7.81. The summed E-state index contributed by atoms with van der Waals surface area (Å²) in [4.78, 5) is 3.77. The molecule has 0 heterocycles. The second-order valence-corrected chi connectivity index (χ2v) is 8.40. The molecule has 0 saturated heterocycles. The van der Waals surface area contributed by atoms with Gasteiger partial charge in [0.2, 0.25) is 0 Å². The fourth-order valence-electron chi connectivity index (χ4n) is 2.52. The number of ether oxygens (including phenoxy) is 1. The first kappa shape index (κ1) is 25.2. The maximum absolute atomic E-state index is 13.7. The van der Waals surface area contributed by atoms with Crippen molar-refractivity contribution in [3.05, 3.63) is 59.9 Å². The highest BCUT2D eigenvalue weighted by atomic mass is 127. The van der Waals surface area contributed by atoms with E-state index in [0.717, 1.165) is 17.4 Å². The third-order valence-electron chi connectivity index (χ3n) is 4.04. The van der Waals surface area contributed by atoms with Crippen LogP contribution in [-0.2, 0) is 9.84 Å². The van der Waals surface area contributed by atoms with Crippen molar-refractivity contribution in [1.82, 2.24) is 10.6 Å². The number of nitrogens with one attached hydrogen (secondary N) is 2. The van der Waals surface area contributed by atoms with Crippen molar-refractivity contribution in [2.45, 2.75) is 24.8 Å². The van der Waals surface area contributed by atoms with Crippen LogP contribution < -0.4 is 15.4 Å². The second-order valence-electron chi connectivity index (χ2n) is 6.32. The quantitative estimate of drug-likeness (QED) is 0.309. The first-order valence-electron chi connectivity index (χ1n) is 8.97. The number of aryl methyl sites for hydroxylation is 1. The van der Waals surface area contributed by atoms with Crippen LogP contribution in [0.15, 0.2) is 58.4 Å². The molecule has 2 aromatic rings. The molecule has 160 valence electrons. The van der Waals surface area contributed by atoms with Gasteiger partial charge in [-0.05, 0) is 37.6 Å². The van der Waals surface area contributed by atoms with Gasteiger partial charge in [0, 0.05) is 13.6 Å². The number of hydrogen-bond acceptors (Lipinski definition) is 4. The van der Waals surface area contributed by atoms with Crippen molar-refractivity contribution in [3.8, 4) is 5.75 Å². The van der Waals surface area contributed by atoms with Crippen LogP contribution >= 0.6 is 24.0 Å². The first-order chi connectivity index (χ1) is 13.3. The zero-order valence-corrected chi connectivity index (χ0v) is 19.8. The van der Waals surface area contributed by atoms with Gasteiger partial charge >= 0.3 is 0 Å². The van der Waals surface area contributed by atoms with Crippen LogP contribution in [0, 0.1) is 12.7 Å². The van der Waals surface area contributed by atoms with Crippen LogP contribution in [0.25, 0.3) is 0 Å². The monoisotopic (exact) mass is 535 g/mol. The number of halogens is 2. The molecule has 0 saturated carbocycles. The number of rotatable bonds is 8. The van der Waals surface area contributed by atoms with Gasteiger partial charge in [-0.25, -0.2) is 12.8 Å². The van der Waals surface area contributed by atoms with Gasteiger partial charge in [0.05, 0.1) is 12.3 Å². The van der Waals surface area contributed by atoms with E-state index < -0.39 is 15.7 Å². The molecule has 1 unspecified atom stereocenters. The topological polar surface area (TPSA) is 79.8 Å². The molecule has 2 rings (SSSR count). The predicted octanol–water partition coefficient (Wildman–Crippen LogP) is 3.16. The van der Waals surface area contributed by atoms with Crippen LogP contribution in [0.4, 0.5) is 4.39 Å². The molecule has 0 aromatic heterocycles. The lowest BCUT2D eigenvalue weighted by Crippen LogP contribution is -2.43. The number of benzene rings is 2. The summed E-state index contributed by atoms with van der Waals surface area (Å²) < 4.78 is 44.1. The lowest BCUT2D eigenvalue weighted by atomic mass is 10.2. The molecule has 9 heteroatoms. The summed E-state index contributed by atoms with van der Waals surface area (Å²) >= 11 is 0. The Labute approximate surface area is 188 Å². The van der Waals surface area contributed by atoms with Crippen molar-refractivity contribution < 1.29 is 17.5 Å². The Morgan fingerprint density at radius 2 is 1.79 bits per heavy atom. The van der Waals surface area contributed by atoms with Gasteiger partial charge < -0.3 is 15.4 Å². The summed E-state index contributed by atoms with van der Waals surface area (Å²) in [7, 11) is -2.13. The van der Waals surface area contributed by atoms with Crippen molar-refractivity contribution in [2.24, 2.45) is 4.99 Å². The lowest BCUT2D eigenvalue weighted by molar-refractivity contribution is 0.222. The average Bonchev–Trinajstić information content (AvgIpc) is 2.66. The number of guanidine groups is 1. The van der Waals surface area contributed by atoms with Gasteiger partial charge in [0.1, 0.15) is 22.6 Å². The van der Waals surface area contributed by atoms with E-state index in [0.29, 0.717) is 12.5 Å². The van der Waals surface area contributed by atoms with E-state index in [2.05, 4.69) is 15.6 Å². The standard InChI is InChI=1S/C20H26FN3O3S.HI/c1-15-8-4-6-10-18(15)27-16(2)14-24-20(22-3)23-12-13-28(25,26)19-11-7-5-9-17(19)21;/h4-11,16H,12-14H2,1-3H3,(H2,22,23,24);1H. The highest BCUT2D eigenvalue weighted by molar-refractivity contribution is 14.0. The first-order valence-corrected chi connectivity index (χ1v) is 10.6. The van der Waals surface area contributed by atoms with Crippen LogP contribution in [0.2, 0.25) is 0 Å². The van der Waals surface area contributed by atoms with E-state index in [4.69, 9.17) is 4.74 Å². The summed E-state index contributed by atoms with van der Waals surface area (Å²) in [5, 5.41) is 6.02. The Morgan fingerprint density at radius 1 is 1.14 bits per heavy atom. The number of sulfone groups is 1. The lowest BCUT2D eigenvalue weighted by Gasteiger charge is -2.18. The summed E-state index contributed by atoms with van der Waals surface area (Å²) in [6.45, 7) is 4.48. The van der Waals surface area contributed by atoms with Crippen molar-refractivity contribution in [3.63, 3.8) is 0 Å². The summed E-state index contributed by atoms with van der Waals surface area (Å²) in [6, 6.07) is 13.1. The molecule has 6 nitrogen and oxygen atoms in total. The van der Waals surface area contributed by atoms with Gasteiger partial charge in [-0.3, -0.25) is 4.99 Å². The maximum atomic E-state index is 13.7. The molecule has 2 aromatic carbocycles. The average molecular weight is 535 g/mol. The van der Waals surface area contributed by atoms with Crippen LogP contribution in [0.5, 0.6) is 5.75 Å². The minimum atomic E-state index is -3.72. The SMILES string of the molecule is CN=C(NCCS(=O)(=O)c1ccccc1F)NCC(C)Oc1ccccc1C.I. The minimum absolute atomic E-state index is 0.